The smallest absolute Gasteiger partial charge is 0.306 e. The van der Waals surface area contributed by atoms with Gasteiger partial charge in [-0.15, -0.1) is 0 Å². The maximum absolute atomic E-state index is 12.1. The van der Waals surface area contributed by atoms with Crippen molar-refractivity contribution in [2.45, 2.75) is 38.7 Å². The molecular formula is C20H24O3. The second-order valence-corrected chi connectivity index (χ2v) is 6.05. The molecule has 0 saturated carbocycles. The van der Waals surface area contributed by atoms with Gasteiger partial charge >= 0.3 is 5.97 Å². The minimum absolute atomic E-state index is 0.165. The molecule has 0 saturated heterocycles. The van der Waals surface area contributed by atoms with E-state index >= 15 is 0 Å². The van der Waals surface area contributed by atoms with E-state index in [0.29, 0.717) is 6.42 Å². The van der Waals surface area contributed by atoms with E-state index in [-0.39, 0.29) is 5.97 Å². The number of hydrogen-bond acceptors (Lipinski definition) is 3. The Morgan fingerprint density at radius 3 is 2.26 bits per heavy atom. The standard InChI is InChI=1S/C20H24O3/c1-20(2,17-12-14-18(22-3)15-13-17)23-19(21)11-7-10-16-8-5-4-6-9-16/h4-6,8-9,12-15H,7,10-11H2,1-3H3. The molecule has 0 aliphatic carbocycles. The van der Waals surface area contributed by atoms with Gasteiger partial charge in [0.15, 0.2) is 0 Å². The van der Waals surface area contributed by atoms with Crippen molar-refractivity contribution < 1.29 is 14.3 Å². The van der Waals surface area contributed by atoms with Crippen LogP contribution < -0.4 is 4.74 Å². The van der Waals surface area contributed by atoms with Crippen molar-refractivity contribution >= 4 is 5.97 Å². The molecule has 0 radical (unpaired) electrons. The Morgan fingerprint density at radius 2 is 1.65 bits per heavy atom. The molecule has 0 aliphatic rings. The number of esters is 1. The number of benzene rings is 2. The quantitative estimate of drug-likeness (QED) is 0.706. The van der Waals surface area contributed by atoms with E-state index in [2.05, 4.69) is 12.1 Å². The number of ether oxygens (including phenoxy) is 2. The van der Waals surface area contributed by atoms with Crippen molar-refractivity contribution in [2.75, 3.05) is 7.11 Å². The molecular weight excluding hydrogens is 288 g/mol. The van der Waals surface area contributed by atoms with Crippen molar-refractivity contribution in [1.82, 2.24) is 0 Å². The number of carbonyl (C=O) groups excluding carboxylic acids is 1. The first-order valence-electron chi connectivity index (χ1n) is 7.91. The first-order chi connectivity index (χ1) is 11.0. The Bertz CT molecular complexity index is 615. The van der Waals surface area contributed by atoms with E-state index in [1.165, 1.54) is 5.56 Å². The second kappa shape index (κ2) is 7.82. The van der Waals surface area contributed by atoms with Crippen molar-refractivity contribution in [3.05, 3.63) is 65.7 Å². The van der Waals surface area contributed by atoms with E-state index in [0.717, 1.165) is 24.2 Å². The number of hydrogen-bond donors (Lipinski definition) is 0. The van der Waals surface area contributed by atoms with Crippen LogP contribution in [0.4, 0.5) is 0 Å². The van der Waals surface area contributed by atoms with Crippen LogP contribution in [0.5, 0.6) is 5.75 Å². The summed E-state index contributed by atoms with van der Waals surface area (Å²) in [4.78, 5) is 12.1. The van der Waals surface area contributed by atoms with Crippen molar-refractivity contribution in [1.29, 1.82) is 0 Å². The Morgan fingerprint density at radius 1 is 1.00 bits per heavy atom. The maximum Gasteiger partial charge on any atom is 0.306 e. The molecule has 0 fully saturated rings. The van der Waals surface area contributed by atoms with E-state index in [1.807, 2.05) is 56.3 Å². The van der Waals surface area contributed by atoms with Crippen LogP contribution >= 0.6 is 0 Å². The molecule has 3 heteroatoms. The molecule has 0 heterocycles. The van der Waals surface area contributed by atoms with Gasteiger partial charge in [-0.1, -0.05) is 42.5 Å². The summed E-state index contributed by atoms with van der Waals surface area (Å²) in [5.74, 6) is 0.625. The third kappa shape index (κ3) is 5.13. The van der Waals surface area contributed by atoms with Crippen LogP contribution in [0, 0.1) is 0 Å². The zero-order chi connectivity index (χ0) is 16.7. The minimum atomic E-state index is -0.643. The van der Waals surface area contributed by atoms with Gasteiger partial charge in [-0.05, 0) is 49.9 Å². The van der Waals surface area contributed by atoms with E-state index in [1.54, 1.807) is 7.11 Å². The van der Waals surface area contributed by atoms with Gasteiger partial charge in [0.25, 0.3) is 0 Å². The Hall–Kier alpha value is -2.29. The van der Waals surface area contributed by atoms with Crippen LogP contribution in [0.2, 0.25) is 0 Å². The summed E-state index contributed by atoms with van der Waals surface area (Å²) in [6.07, 6.45) is 2.11. The highest BCUT2D eigenvalue weighted by atomic mass is 16.6. The zero-order valence-corrected chi connectivity index (χ0v) is 14.0. The van der Waals surface area contributed by atoms with Crippen molar-refractivity contribution in [3.63, 3.8) is 0 Å². The maximum atomic E-state index is 12.1. The summed E-state index contributed by atoms with van der Waals surface area (Å²) in [6.45, 7) is 3.81. The molecule has 23 heavy (non-hydrogen) atoms. The van der Waals surface area contributed by atoms with Crippen LogP contribution in [0.25, 0.3) is 0 Å². The topological polar surface area (TPSA) is 35.5 Å². The summed E-state index contributed by atoms with van der Waals surface area (Å²) in [6, 6.07) is 17.8. The number of carbonyl (C=O) groups is 1. The lowest BCUT2D eigenvalue weighted by molar-refractivity contribution is -0.157. The molecule has 0 aliphatic heterocycles. The van der Waals surface area contributed by atoms with Crippen molar-refractivity contribution in [2.24, 2.45) is 0 Å². The fourth-order valence-electron chi connectivity index (χ4n) is 2.47. The SMILES string of the molecule is COc1ccc(C(C)(C)OC(=O)CCCc2ccccc2)cc1. The average molecular weight is 312 g/mol. The third-order valence-corrected chi connectivity index (χ3v) is 3.84. The zero-order valence-electron chi connectivity index (χ0n) is 14.0. The predicted octanol–water partition coefficient (Wildman–Crippen LogP) is 4.50. The van der Waals surface area contributed by atoms with Gasteiger partial charge in [0.2, 0.25) is 0 Å². The molecule has 0 N–H and O–H groups in total. The first kappa shape index (κ1) is 17.1. The molecule has 2 aromatic rings. The van der Waals surface area contributed by atoms with Gasteiger partial charge in [-0.2, -0.15) is 0 Å². The lowest BCUT2D eigenvalue weighted by atomic mass is 9.98. The number of aryl methyl sites for hydroxylation is 1. The molecule has 0 atom stereocenters. The van der Waals surface area contributed by atoms with E-state index in [9.17, 15) is 4.79 Å². The van der Waals surface area contributed by atoms with Crippen molar-refractivity contribution in [3.8, 4) is 5.75 Å². The Kier molecular flexibility index (Phi) is 5.80. The molecule has 0 unspecified atom stereocenters. The van der Waals surface area contributed by atoms with Gasteiger partial charge in [0, 0.05) is 6.42 Å². The largest absolute Gasteiger partial charge is 0.497 e. The summed E-state index contributed by atoms with van der Waals surface area (Å²) >= 11 is 0. The van der Waals surface area contributed by atoms with Crippen LogP contribution in [0.3, 0.4) is 0 Å². The fraction of sp³-hybridized carbons (Fsp3) is 0.350. The summed E-state index contributed by atoms with van der Waals surface area (Å²) in [5.41, 5.74) is 1.56. The number of methoxy groups -OCH3 is 1. The van der Waals surface area contributed by atoms with Crippen LogP contribution in [0.15, 0.2) is 54.6 Å². The summed E-state index contributed by atoms with van der Waals surface area (Å²) in [5, 5.41) is 0. The molecule has 0 spiro atoms. The van der Waals surface area contributed by atoms with Gasteiger partial charge in [-0.3, -0.25) is 4.79 Å². The molecule has 0 amide bonds. The first-order valence-corrected chi connectivity index (χ1v) is 7.91. The van der Waals surface area contributed by atoms with Gasteiger partial charge < -0.3 is 9.47 Å². The van der Waals surface area contributed by atoms with Gasteiger partial charge in [-0.25, -0.2) is 0 Å². The Balaban J connectivity index is 1.85. The van der Waals surface area contributed by atoms with E-state index in [4.69, 9.17) is 9.47 Å². The number of rotatable bonds is 7. The molecule has 3 nitrogen and oxygen atoms in total. The molecule has 2 aromatic carbocycles. The highest BCUT2D eigenvalue weighted by molar-refractivity contribution is 5.70. The lowest BCUT2D eigenvalue weighted by Crippen LogP contribution is -2.25. The fourth-order valence-corrected chi connectivity index (χ4v) is 2.47. The normalized spacial score (nSPS) is 11.1. The average Bonchev–Trinajstić information content (AvgIpc) is 2.55. The van der Waals surface area contributed by atoms with Crippen LogP contribution in [-0.4, -0.2) is 13.1 Å². The van der Waals surface area contributed by atoms with E-state index < -0.39 is 5.60 Å². The molecule has 0 aromatic heterocycles. The molecule has 2 rings (SSSR count). The van der Waals surface area contributed by atoms with Gasteiger partial charge in [0.1, 0.15) is 11.4 Å². The molecule has 122 valence electrons. The lowest BCUT2D eigenvalue weighted by Gasteiger charge is -2.26. The highest BCUT2D eigenvalue weighted by Gasteiger charge is 2.25. The second-order valence-electron chi connectivity index (χ2n) is 6.05. The van der Waals surface area contributed by atoms with Crippen LogP contribution in [0.1, 0.15) is 37.8 Å². The minimum Gasteiger partial charge on any atom is -0.497 e. The Labute approximate surface area is 138 Å². The predicted molar refractivity (Wildman–Crippen MR) is 91.5 cm³/mol. The highest BCUT2D eigenvalue weighted by Crippen LogP contribution is 2.27. The van der Waals surface area contributed by atoms with Crippen LogP contribution in [-0.2, 0) is 21.6 Å². The summed E-state index contributed by atoms with van der Waals surface area (Å²) in [7, 11) is 1.63. The van der Waals surface area contributed by atoms with Gasteiger partial charge in [0.05, 0.1) is 7.11 Å². The summed E-state index contributed by atoms with van der Waals surface area (Å²) < 4.78 is 10.8. The molecule has 0 bridgehead atoms. The third-order valence-electron chi connectivity index (χ3n) is 3.84. The monoisotopic (exact) mass is 312 g/mol.